The van der Waals surface area contributed by atoms with E-state index in [9.17, 15) is 14.7 Å². The molecule has 1 heterocycles. The Morgan fingerprint density at radius 2 is 1.91 bits per heavy atom. The number of carbonyl (C=O) groups is 2. The third-order valence-corrected chi connectivity index (χ3v) is 4.86. The molecule has 0 radical (unpaired) electrons. The maximum atomic E-state index is 12.6. The zero-order valence-corrected chi connectivity index (χ0v) is 12.5. The number of hydrogen-bond acceptors (Lipinski definition) is 4. The normalized spacial score (nSPS) is 23.0. The Bertz CT molecular complexity index is 839. The maximum Gasteiger partial charge on any atom is 0.237 e. The van der Waals surface area contributed by atoms with Crippen LogP contribution >= 0.6 is 0 Å². The zero-order valence-electron chi connectivity index (χ0n) is 12.5. The number of furan rings is 1. The molecule has 1 atom stereocenters. The van der Waals surface area contributed by atoms with E-state index in [1.807, 2.05) is 6.07 Å². The van der Waals surface area contributed by atoms with Gasteiger partial charge in [0.1, 0.15) is 5.76 Å². The van der Waals surface area contributed by atoms with Crippen molar-refractivity contribution in [3.05, 3.63) is 46.2 Å². The van der Waals surface area contributed by atoms with Gasteiger partial charge in [-0.2, -0.15) is 0 Å². The summed E-state index contributed by atoms with van der Waals surface area (Å²) in [5, 5.41) is 10.6. The minimum Gasteiger partial charge on any atom is -0.463 e. The molecule has 4 nitrogen and oxygen atoms in total. The van der Waals surface area contributed by atoms with Crippen LogP contribution in [0.2, 0.25) is 0 Å². The monoisotopic (exact) mass is 296 g/mol. The third-order valence-electron chi connectivity index (χ3n) is 4.86. The smallest absolute Gasteiger partial charge is 0.237 e. The number of hydrogen-bond donors (Lipinski definition) is 1. The van der Waals surface area contributed by atoms with E-state index in [4.69, 9.17) is 4.42 Å². The maximum absolute atomic E-state index is 12.6. The van der Waals surface area contributed by atoms with Crippen LogP contribution in [-0.4, -0.2) is 16.7 Å². The number of ketones is 2. The quantitative estimate of drug-likeness (QED) is 0.758. The summed E-state index contributed by atoms with van der Waals surface area (Å²) in [4.78, 5) is 25.1. The molecule has 0 spiro atoms. The van der Waals surface area contributed by atoms with Crippen molar-refractivity contribution < 1.29 is 19.1 Å². The van der Waals surface area contributed by atoms with Crippen molar-refractivity contribution in [2.45, 2.75) is 38.7 Å². The van der Waals surface area contributed by atoms with Gasteiger partial charge in [0.15, 0.2) is 0 Å². The van der Waals surface area contributed by atoms with Crippen molar-refractivity contribution in [3.63, 3.8) is 0 Å². The van der Waals surface area contributed by atoms with E-state index in [1.54, 1.807) is 19.9 Å². The lowest BCUT2D eigenvalue weighted by atomic mass is 9.74. The van der Waals surface area contributed by atoms with Gasteiger partial charge in [-0.25, -0.2) is 0 Å². The summed E-state index contributed by atoms with van der Waals surface area (Å²) in [6.07, 6.45) is 3.66. The second-order valence-electron chi connectivity index (χ2n) is 6.42. The second-order valence-corrected chi connectivity index (χ2v) is 6.42. The lowest BCUT2D eigenvalue weighted by Gasteiger charge is -2.33. The summed E-state index contributed by atoms with van der Waals surface area (Å²) in [5.41, 5.74) is 2.75. The first-order valence-corrected chi connectivity index (χ1v) is 7.48. The summed E-state index contributed by atoms with van der Waals surface area (Å²) in [5.74, 6) is -0.515. The molecule has 0 fully saturated rings. The summed E-state index contributed by atoms with van der Waals surface area (Å²) in [6.45, 7) is 3.52. The van der Waals surface area contributed by atoms with E-state index >= 15 is 0 Å². The van der Waals surface area contributed by atoms with Crippen molar-refractivity contribution in [1.82, 2.24) is 0 Å². The van der Waals surface area contributed by atoms with Crippen LogP contribution in [0, 0.1) is 6.92 Å². The summed E-state index contributed by atoms with van der Waals surface area (Å²) < 4.78 is 5.54. The largest absolute Gasteiger partial charge is 0.463 e. The van der Waals surface area contributed by atoms with Crippen LogP contribution in [0.1, 0.15) is 57.2 Å². The molecular formula is C18H16O4. The standard InChI is InChI=1S/C18H16O4/c1-9-8-22-17-11-5-6-12-10(4-3-7-18(12,2)21)14(11)16(20)15(19)13(9)17/h5-6,8,21H,3-4,7H2,1-2H3/t18-/m1/s1. The molecule has 1 N–H and O–H groups in total. The van der Waals surface area contributed by atoms with Crippen LogP contribution in [0.25, 0.3) is 11.3 Å². The van der Waals surface area contributed by atoms with Crippen molar-refractivity contribution in [2.24, 2.45) is 0 Å². The minimum absolute atomic E-state index is 0.375. The van der Waals surface area contributed by atoms with Crippen molar-refractivity contribution >= 4 is 11.6 Å². The lowest BCUT2D eigenvalue weighted by molar-refractivity contribution is 0.0385. The van der Waals surface area contributed by atoms with Gasteiger partial charge in [-0.15, -0.1) is 0 Å². The predicted octanol–water partition coefficient (Wildman–Crippen LogP) is 3.18. The Balaban J connectivity index is 2.07. The van der Waals surface area contributed by atoms with Crippen LogP contribution in [0.15, 0.2) is 22.8 Å². The fraction of sp³-hybridized carbons (Fsp3) is 0.333. The molecule has 112 valence electrons. The van der Waals surface area contributed by atoms with Crippen molar-refractivity contribution in [3.8, 4) is 11.3 Å². The highest BCUT2D eigenvalue weighted by atomic mass is 16.3. The first-order valence-electron chi connectivity index (χ1n) is 7.48. The van der Waals surface area contributed by atoms with Crippen LogP contribution in [0.3, 0.4) is 0 Å². The number of fused-ring (bicyclic) bond motifs is 5. The number of benzene rings is 1. The van der Waals surface area contributed by atoms with Gasteiger partial charge in [0.2, 0.25) is 11.6 Å². The lowest BCUT2D eigenvalue weighted by Crippen LogP contribution is -2.31. The summed E-state index contributed by atoms with van der Waals surface area (Å²) in [7, 11) is 0. The average molecular weight is 296 g/mol. The Labute approximate surface area is 127 Å². The highest BCUT2D eigenvalue weighted by molar-refractivity contribution is 6.53. The molecule has 22 heavy (non-hydrogen) atoms. The van der Waals surface area contributed by atoms with Crippen molar-refractivity contribution in [1.29, 1.82) is 0 Å². The second kappa shape index (κ2) is 4.17. The first-order chi connectivity index (χ1) is 10.4. The topological polar surface area (TPSA) is 67.5 Å². The minimum atomic E-state index is -0.953. The SMILES string of the molecule is Cc1coc2c1C(=O)C(=O)c1c-2ccc2c1CCC[C@@]2(C)O. The Kier molecular flexibility index (Phi) is 2.55. The van der Waals surface area contributed by atoms with E-state index in [1.165, 1.54) is 6.26 Å². The molecule has 1 aromatic carbocycles. The molecule has 4 heteroatoms. The number of carbonyl (C=O) groups excluding carboxylic acids is 2. The van der Waals surface area contributed by atoms with Gasteiger partial charge in [-0.05, 0) is 49.8 Å². The predicted molar refractivity (Wildman–Crippen MR) is 80.1 cm³/mol. The van der Waals surface area contributed by atoms with E-state index in [0.29, 0.717) is 40.9 Å². The number of aryl methyl sites for hydroxylation is 1. The van der Waals surface area contributed by atoms with Crippen molar-refractivity contribution in [2.75, 3.05) is 0 Å². The van der Waals surface area contributed by atoms with E-state index in [-0.39, 0.29) is 0 Å². The fourth-order valence-electron chi connectivity index (χ4n) is 3.76. The highest BCUT2D eigenvalue weighted by Crippen LogP contribution is 2.43. The molecule has 0 unspecified atom stereocenters. The molecule has 4 rings (SSSR count). The molecule has 0 bridgehead atoms. The van der Waals surface area contributed by atoms with E-state index in [0.717, 1.165) is 17.5 Å². The van der Waals surface area contributed by atoms with Crippen LogP contribution in [-0.2, 0) is 12.0 Å². The molecule has 0 saturated carbocycles. The Hall–Kier alpha value is -2.20. The molecule has 0 aliphatic heterocycles. The number of rotatable bonds is 0. The number of aliphatic hydroxyl groups is 1. The van der Waals surface area contributed by atoms with Crippen LogP contribution in [0.4, 0.5) is 0 Å². The molecular weight excluding hydrogens is 280 g/mol. The molecule has 2 aromatic rings. The molecule has 2 aliphatic carbocycles. The van der Waals surface area contributed by atoms with E-state index < -0.39 is 17.2 Å². The van der Waals surface area contributed by atoms with Gasteiger partial charge in [0.05, 0.1) is 17.4 Å². The average Bonchev–Trinajstić information content (AvgIpc) is 2.86. The number of Topliss-reactive ketones (excluding diaryl/α,β-unsaturated/α-hetero) is 2. The Morgan fingerprint density at radius 1 is 1.18 bits per heavy atom. The molecule has 0 amide bonds. The molecule has 1 aromatic heterocycles. The van der Waals surface area contributed by atoms with Gasteiger partial charge >= 0.3 is 0 Å². The molecule has 0 saturated heterocycles. The highest BCUT2D eigenvalue weighted by Gasteiger charge is 2.40. The molecule has 2 aliphatic rings. The van der Waals surface area contributed by atoms with Gasteiger partial charge in [0, 0.05) is 11.1 Å². The Morgan fingerprint density at radius 3 is 2.68 bits per heavy atom. The van der Waals surface area contributed by atoms with Gasteiger partial charge < -0.3 is 9.52 Å². The van der Waals surface area contributed by atoms with E-state index in [2.05, 4.69) is 0 Å². The van der Waals surface area contributed by atoms with Crippen LogP contribution in [0.5, 0.6) is 0 Å². The van der Waals surface area contributed by atoms with Gasteiger partial charge in [-0.1, -0.05) is 12.1 Å². The first kappa shape index (κ1) is 13.5. The van der Waals surface area contributed by atoms with Gasteiger partial charge in [-0.3, -0.25) is 9.59 Å². The fourth-order valence-corrected chi connectivity index (χ4v) is 3.76. The zero-order chi connectivity index (χ0) is 15.6. The summed E-state index contributed by atoms with van der Waals surface area (Å²) in [6, 6.07) is 3.65. The van der Waals surface area contributed by atoms with Crippen LogP contribution < -0.4 is 0 Å². The third kappa shape index (κ3) is 1.56. The summed E-state index contributed by atoms with van der Waals surface area (Å²) >= 11 is 0. The van der Waals surface area contributed by atoms with Gasteiger partial charge in [0.25, 0.3) is 0 Å².